The first-order valence-electron chi connectivity index (χ1n) is 17.4. The van der Waals surface area contributed by atoms with E-state index in [4.69, 9.17) is 17.3 Å². The van der Waals surface area contributed by atoms with Crippen LogP contribution in [0.25, 0.3) is 33.2 Å². The Hall–Kier alpha value is -6.33. The summed E-state index contributed by atoms with van der Waals surface area (Å²) < 4.78 is 9.52. The summed E-state index contributed by atoms with van der Waals surface area (Å²) >= 11 is 5.83. The SMILES string of the molecule is C[n+]1ccn(-c2c(N)ccc3c2NCCC3)c1.C[n+]1ccn(-c2c([N+](=O)[O-])ccc3cccnc23)c1.Cl.Cn1ccnc1.O=[N+]([O-])c1ccc2cccnc2c1Cl.[Cl-].[Cl-]. The average Bonchev–Trinajstić information content (AvgIpc) is 3.98. The first-order chi connectivity index (χ1) is 27.0. The lowest BCUT2D eigenvalue weighted by atomic mass is 10.0. The Morgan fingerprint density at radius 1 is 0.780 bits per heavy atom. The molecule has 3 N–H and O–H groups in total. The molecule has 5 aromatic heterocycles. The summed E-state index contributed by atoms with van der Waals surface area (Å²) in [5.74, 6) is 0. The summed E-state index contributed by atoms with van der Waals surface area (Å²) in [6.07, 6.45) is 22.3. The van der Waals surface area contributed by atoms with E-state index < -0.39 is 4.92 Å². The topological polar surface area (TPSA) is 186 Å². The van der Waals surface area contributed by atoms with Gasteiger partial charge in [0.05, 0.1) is 47.2 Å². The summed E-state index contributed by atoms with van der Waals surface area (Å²) in [5.41, 5.74) is 12.0. The third-order valence-corrected chi connectivity index (χ3v) is 9.10. The van der Waals surface area contributed by atoms with E-state index in [9.17, 15) is 20.2 Å². The highest BCUT2D eigenvalue weighted by Crippen LogP contribution is 2.34. The Bertz CT molecular complexity index is 2650. The van der Waals surface area contributed by atoms with Gasteiger partial charge in [0.1, 0.15) is 35.3 Å². The van der Waals surface area contributed by atoms with Gasteiger partial charge in [0, 0.05) is 61.3 Å². The van der Waals surface area contributed by atoms with E-state index in [0.717, 1.165) is 35.1 Å². The van der Waals surface area contributed by atoms with Crippen molar-refractivity contribution >= 4 is 68.6 Å². The number of nitro benzene ring substituents is 2. The smallest absolute Gasteiger partial charge is 0.318 e. The normalized spacial score (nSPS) is 10.9. The molecule has 0 fully saturated rings. The van der Waals surface area contributed by atoms with Crippen LogP contribution in [0.4, 0.5) is 22.7 Å². The Morgan fingerprint density at radius 3 is 1.88 bits per heavy atom. The van der Waals surface area contributed by atoms with Gasteiger partial charge in [-0.1, -0.05) is 29.8 Å². The van der Waals surface area contributed by atoms with E-state index in [1.54, 1.807) is 66.3 Å². The van der Waals surface area contributed by atoms with Gasteiger partial charge in [0.25, 0.3) is 5.69 Å². The number of nitrogens with two attached hydrogens (primary N) is 1. The molecule has 0 bridgehead atoms. The third-order valence-electron chi connectivity index (χ3n) is 8.72. The molecule has 8 aromatic rings. The van der Waals surface area contributed by atoms with Crippen molar-refractivity contribution in [1.82, 2.24) is 28.7 Å². The number of pyridine rings is 2. The number of anilines is 2. The van der Waals surface area contributed by atoms with Gasteiger partial charge in [-0.25, -0.2) is 14.1 Å². The van der Waals surface area contributed by atoms with Gasteiger partial charge >= 0.3 is 5.69 Å². The molecule has 0 saturated carbocycles. The highest BCUT2D eigenvalue weighted by Gasteiger charge is 2.24. The van der Waals surface area contributed by atoms with Crippen LogP contribution in [0.15, 0.2) is 129 Å². The zero-order valence-electron chi connectivity index (χ0n) is 32.0. The van der Waals surface area contributed by atoms with Crippen molar-refractivity contribution in [2.24, 2.45) is 21.1 Å². The summed E-state index contributed by atoms with van der Waals surface area (Å²) in [6.45, 7) is 1.02. The second-order valence-corrected chi connectivity index (χ2v) is 13.1. The quantitative estimate of drug-likeness (QED) is 0.111. The molecule has 0 radical (unpaired) electrons. The number of hydrogen-bond donors (Lipinski definition) is 2. The van der Waals surface area contributed by atoms with Crippen molar-refractivity contribution in [1.29, 1.82) is 0 Å². The minimum atomic E-state index is -0.517. The van der Waals surface area contributed by atoms with E-state index >= 15 is 0 Å². The van der Waals surface area contributed by atoms with Gasteiger partial charge < -0.3 is 40.4 Å². The summed E-state index contributed by atoms with van der Waals surface area (Å²) in [4.78, 5) is 32.9. The highest BCUT2D eigenvalue weighted by atomic mass is 35.5. The molecule has 16 nitrogen and oxygen atoms in total. The fraction of sp³-hybridized carbons (Fsp3) is 0.154. The van der Waals surface area contributed by atoms with Crippen LogP contribution in [-0.4, -0.2) is 45.0 Å². The standard InChI is InChI=1S/C13H11N4O2.C13H17N4.C9H5ClN2O2.C4H6N2.3ClH/c1-15-7-8-16(9-15)13-11(17(18)19)5-4-10-3-2-6-14-12(10)13;1-16-7-8-17(9-16)13-11(14)5-4-10-3-2-6-15-12(10)13;10-8-7(12(13)14)4-3-6-2-1-5-11-9(6)8;1-6-3-2-5-4-6;;;/h2-9H,1H3;4-5,7-9,15H,2-3,6,14H2,1H3;1-5H;2-4H,1H3;3*1H/q2*+1;;;;;/p-2. The van der Waals surface area contributed by atoms with Gasteiger partial charge in [0.2, 0.25) is 18.3 Å². The van der Waals surface area contributed by atoms with E-state index in [1.807, 2.05) is 84.2 Å². The first-order valence-corrected chi connectivity index (χ1v) is 17.7. The van der Waals surface area contributed by atoms with Crippen LogP contribution in [0.2, 0.25) is 5.02 Å². The number of nitrogens with one attached hydrogen (secondary N) is 1. The van der Waals surface area contributed by atoms with E-state index in [1.165, 1.54) is 29.8 Å². The Morgan fingerprint density at radius 2 is 1.36 bits per heavy atom. The summed E-state index contributed by atoms with van der Waals surface area (Å²) in [7, 11) is 5.81. The largest absolute Gasteiger partial charge is 1.00 e. The molecule has 0 unspecified atom stereocenters. The van der Waals surface area contributed by atoms with Crippen LogP contribution in [-0.2, 0) is 27.6 Å². The van der Waals surface area contributed by atoms with Crippen molar-refractivity contribution in [3.05, 3.63) is 160 Å². The minimum absolute atomic E-state index is 0. The predicted octanol–water partition coefficient (Wildman–Crippen LogP) is 0.647. The number of nitro groups is 2. The van der Waals surface area contributed by atoms with Crippen molar-refractivity contribution in [2.75, 3.05) is 17.6 Å². The number of benzene rings is 3. The molecule has 6 heterocycles. The van der Waals surface area contributed by atoms with Crippen LogP contribution in [0.5, 0.6) is 0 Å². The van der Waals surface area contributed by atoms with Crippen molar-refractivity contribution in [3.8, 4) is 11.4 Å². The number of hydrogen-bond acceptors (Lipinski definition) is 9. The third kappa shape index (κ3) is 11.2. The number of rotatable bonds is 4. The fourth-order valence-corrected chi connectivity index (χ4v) is 6.37. The Kier molecular flexibility index (Phi) is 17.1. The number of imidazole rings is 3. The molecule has 0 atom stereocenters. The lowest BCUT2D eigenvalue weighted by Crippen LogP contribution is -3.00. The van der Waals surface area contributed by atoms with Gasteiger partial charge in [-0.05, 0) is 48.7 Å². The maximum Gasteiger partial charge on any atom is 0.318 e. The molecule has 59 heavy (non-hydrogen) atoms. The van der Waals surface area contributed by atoms with Crippen LogP contribution < -0.4 is 45.0 Å². The van der Waals surface area contributed by atoms with E-state index in [2.05, 4.69) is 30.9 Å². The highest BCUT2D eigenvalue weighted by molar-refractivity contribution is 6.37. The molecular weight excluding hydrogens is 842 g/mol. The van der Waals surface area contributed by atoms with Crippen molar-refractivity contribution in [3.63, 3.8) is 0 Å². The predicted molar refractivity (Wildman–Crippen MR) is 221 cm³/mol. The van der Waals surface area contributed by atoms with Gasteiger partial charge in [-0.15, -0.1) is 12.4 Å². The molecule has 308 valence electrons. The van der Waals surface area contributed by atoms with Crippen molar-refractivity contribution < 1.29 is 43.8 Å². The second kappa shape index (κ2) is 21.4. The van der Waals surface area contributed by atoms with Gasteiger partial charge in [0.15, 0.2) is 5.69 Å². The molecule has 0 amide bonds. The lowest BCUT2D eigenvalue weighted by Gasteiger charge is -2.20. The number of aromatic nitrogens is 8. The maximum absolute atomic E-state index is 11.2. The van der Waals surface area contributed by atoms with Crippen LogP contribution in [0.1, 0.15) is 12.0 Å². The molecule has 20 heteroatoms. The number of fused-ring (bicyclic) bond motifs is 3. The van der Waals surface area contributed by atoms with Crippen molar-refractivity contribution in [2.45, 2.75) is 12.8 Å². The number of halogens is 4. The summed E-state index contributed by atoms with van der Waals surface area (Å²) in [5, 5.41) is 27.0. The average molecular weight is 883 g/mol. The molecular formula is C39H40Cl4N12O4. The van der Waals surface area contributed by atoms with Gasteiger partial charge in [-0.3, -0.25) is 30.2 Å². The zero-order chi connectivity index (χ0) is 39.8. The zero-order valence-corrected chi connectivity index (χ0v) is 35.1. The molecule has 9 rings (SSSR count). The molecule has 0 spiro atoms. The molecule has 1 aliphatic heterocycles. The maximum atomic E-state index is 11.2. The fourth-order valence-electron chi connectivity index (χ4n) is 6.08. The number of aryl methyl sites for hydroxylation is 4. The van der Waals surface area contributed by atoms with Crippen LogP contribution in [0.3, 0.4) is 0 Å². The van der Waals surface area contributed by atoms with E-state index in [0.29, 0.717) is 16.7 Å². The molecule has 3 aromatic carbocycles. The Balaban J connectivity index is 0.000000217. The molecule has 1 aliphatic rings. The number of nitrogens with zero attached hydrogens (tertiary/aromatic N) is 10. The number of nitrogen functional groups attached to an aromatic ring is 1. The molecule has 0 saturated heterocycles. The summed E-state index contributed by atoms with van der Waals surface area (Å²) in [6, 6.07) is 17.6. The van der Waals surface area contributed by atoms with Crippen LogP contribution >= 0.6 is 24.0 Å². The molecule has 0 aliphatic carbocycles. The van der Waals surface area contributed by atoms with Crippen LogP contribution in [0, 0.1) is 20.2 Å². The lowest BCUT2D eigenvalue weighted by molar-refractivity contribution is -0.670. The second-order valence-electron chi connectivity index (χ2n) is 12.8. The van der Waals surface area contributed by atoms with Gasteiger partial charge in [-0.2, -0.15) is 9.13 Å². The minimum Gasteiger partial charge on any atom is -1.00 e. The first kappa shape index (κ1) is 47.0. The monoisotopic (exact) mass is 880 g/mol. The Labute approximate surface area is 362 Å². The van der Waals surface area contributed by atoms with E-state index in [-0.39, 0.29) is 58.5 Å².